The van der Waals surface area contributed by atoms with E-state index >= 15 is 0 Å². The number of hydrogen-bond donors (Lipinski definition) is 1. The molecule has 3 nitrogen and oxygen atoms in total. The van der Waals surface area contributed by atoms with Crippen molar-refractivity contribution in [3.63, 3.8) is 0 Å². The summed E-state index contributed by atoms with van der Waals surface area (Å²) < 4.78 is 5.55. The van der Waals surface area contributed by atoms with Gasteiger partial charge in [0.25, 0.3) is 0 Å². The molecule has 0 spiro atoms. The average Bonchev–Trinajstić information content (AvgIpc) is 2.39. The number of ether oxygens (including phenoxy) is 1. The van der Waals surface area contributed by atoms with Crippen molar-refractivity contribution in [2.24, 2.45) is 11.7 Å². The highest BCUT2D eigenvalue weighted by molar-refractivity contribution is 6.33. The molecule has 2 N–H and O–H groups in total. The average molecular weight is 283 g/mol. The van der Waals surface area contributed by atoms with Gasteiger partial charge in [-0.3, -0.25) is 0 Å². The van der Waals surface area contributed by atoms with Gasteiger partial charge in [0.05, 0.1) is 16.8 Å². The van der Waals surface area contributed by atoms with E-state index in [2.05, 4.69) is 24.0 Å². The molecule has 3 atom stereocenters. The summed E-state index contributed by atoms with van der Waals surface area (Å²) in [5.74, 6) is 0.600. The van der Waals surface area contributed by atoms with Crippen molar-refractivity contribution < 1.29 is 4.74 Å². The Balaban J connectivity index is 2.18. The van der Waals surface area contributed by atoms with Crippen LogP contribution < -0.4 is 10.6 Å². The number of methoxy groups -OCH3 is 1. The SMILES string of the molecule is COC1CN(c2ccc([C@@H](C)N)cc2Cl)CCC1C. The van der Waals surface area contributed by atoms with Crippen molar-refractivity contribution in [1.29, 1.82) is 0 Å². The lowest BCUT2D eigenvalue weighted by Gasteiger charge is -2.38. The maximum absolute atomic E-state index is 6.40. The molecule has 1 aliphatic heterocycles. The number of anilines is 1. The second-order valence-corrected chi connectivity index (χ2v) is 5.89. The standard InChI is InChI=1S/C15H23ClN2O/c1-10-6-7-18(9-15(10)19-3)14-5-4-12(11(2)17)8-13(14)16/h4-5,8,10-11,15H,6-7,9,17H2,1-3H3/t10?,11-,15?/m1/s1. The van der Waals surface area contributed by atoms with Crippen LogP contribution in [0.15, 0.2) is 18.2 Å². The largest absolute Gasteiger partial charge is 0.379 e. The number of hydrogen-bond acceptors (Lipinski definition) is 3. The molecular formula is C15H23ClN2O. The zero-order chi connectivity index (χ0) is 14.0. The van der Waals surface area contributed by atoms with E-state index in [9.17, 15) is 0 Å². The molecule has 0 aromatic heterocycles. The third-order valence-electron chi connectivity index (χ3n) is 4.03. The van der Waals surface area contributed by atoms with Crippen LogP contribution in [0.3, 0.4) is 0 Å². The Morgan fingerprint density at radius 1 is 1.47 bits per heavy atom. The molecule has 4 heteroatoms. The Morgan fingerprint density at radius 3 is 2.79 bits per heavy atom. The van der Waals surface area contributed by atoms with Gasteiger partial charge in [0, 0.05) is 26.2 Å². The first-order valence-electron chi connectivity index (χ1n) is 6.85. The van der Waals surface area contributed by atoms with Gasteiger partial charge >= 0.3 is 0 Å². The Kier molecular flexibility index (Phi) is 4.71. The van der Waals surface area contributed by atoms with Gasteiger partial charge in [-0.05, 0) is 37.0 Å². The molecule has 0 amide bonds. The fraction of sp³-hybridized carbons (Fsp3) is 0.600. The first kappa shape index (κ1) is 14.6. The van der Waals surface area contributed by atoms with Crippen LogP contribution in [0.4, 0.5) is 5.69 Å². The van der Waals surface area contributed by atoms with E-state index in [0.717, 1.165) is 35.8 Å². The lowest BCUT2D eigenvalue weighted by Crippen LogP contribution is -2.44. The molecule has 0 aliphatic carbocycles. The second-order valence-electron chi connectivity index (χ2n) is 5.49. The highest BCUT2D eigenvalue weighted by Gasteiger charge is 2.27. The van der Waals surface area contributed by atoms with E-state index in [1.165, 1.54) is 0 Å². The minimum atomic E-state index is 0.0136. The van der Waals surface area contributed by atoms with E-state index in [1.54, 1.807) is 7.11 Å². The van der Waals surface area contributed by atoms with Crippen LogP contribution in [0.1, 0.15) is 31.9 Å². The van der Waals surface area contributed by atoms with Crippen LogP contribution >= 0.6 is 11.6 Å². The second kappa shape index (κ2) is 6.12. The van der Waals surface area contributed by atoms with Crippen LogP contribution in [0, 0.1) is 5.92 Å². The number of nitrogens with two attached hydrogens (primary N) is 1. The lowest BCUT2D eigenvalue weighted by molar-refractivity contribution is 0.0498. The molecule has 19 heavy (non-hydrogen) atoms. The van der Waals surface area contributed by atoms with Crippen LogP contribution in [0.25, 0.3) is 0 Å². The lowest BCUT2D eigenvalue weighted by atomic mass is 9.95. The molecule has 1 aliphatic rings. The fourth-order valence-corrected chi connectivity index (χ4v) is 2.93. The van der Waals surface area contributed by atoms with Crippen LogP contribution in [0.5, 0.6) is 0 Å². The van der Waals surface area contributed by atoms with Gasteiger partial charge in [0.15, 0.2) is 0 Å². The molecule has 0 radical (unpaired) electrons. The van der Waals surface area contributed by atoms with Crippen molar-refractivity contribution in [2.75, 3.05) is 25.1 Å². The van der Waals surface area contributed by atoms with E-state index in [4.69, 9.17) is 22.1 Å². The predicted octanol–water partition coefficient (Wildman–Crippen LogP) is 3.22. The summed E-state index contributed by atoms with van der Waals surface area (Å²) >= 11 is 6.40. The highest BCUT2D eigenvalue weighted by atomic mass is 35.5. The number of nitrogens with zero attached hydrogens (tertiary/aromatic N) is 1. The van der Waals surface area contributed by atoms with E-state index < -0.39 is 0 Å². The van der Waals surface area contributed by atoms with Crippen molar-refractivity contribution in [1.82, 2.24) is 0 Å². The summed E-state index contributed by atoms with van der Waals surface area (Å²) in [4.78, 5) is 2.31. The number of halogens is 1. The zero-order valence-electron chi connectivity index (χ0n) is 11.9. The highest BCUT2D eigenvalue weighted by Crippen LogP contribution is 2.32. The van der Waals surface area contributed by atoms with E-state index in [-0.39, 0.29) is 12.1 Å². The Bertz CT molecular complexity index is 436. The summed E-state index contributed by atoms with van der Waals surface area (Å²) in [7, 11) is 1.78. The summed E-state index contributed by atoms with van der Waals surface area (Å²) in [6, 6.07) is 6.12. The molecule has 1 aromatic rings. The van der Waals surface area contributed by atoms with Crippen LogP contribution in [-0.4, -0.2) is 26.3 Å². The monoisotopic (exact) mass is 282 g/mol. The van der Waals surface area contributed by atoms with Gasteiger partial charge in [-0.25, -0.2) is 0 Å². The van der Waals surface area contributed by atoms with Crippen LogP contribution in [-0.2, 0) is 4.74 Å². The van der Waals surface area contributed by atoms with Gasteiger partial charge in [-0.2, -0.15) is 0 Å². The minimum Gasteiger partial charge on any atom is -0.379 e. The molecule has 1 aromatic carbocycles. The molecule has 1 fully saturated rings. The predicted molar refractivity (Wildman–Crippen MR) is 80.8 cm³/mol. The van der Waals surface area contributed by atoms with E-state index in [1.807, 2.05) is 13.0 Å². The third kappa shape index (κ3) is 3.22. The molecule has 1 saturated heterocycles. The quantitative estimate of drug-likeness (QED) is 0.925. The molecule has 0 bridgehead atoms. The van der Waals surface area contributed by atoms with Crippen molar-refractivity contribution in [2.45, 2.75) is 32.4 Å². The fourth-order valence-electron chi connectivity index (χ4n) is 2.62. The maximum atomic E-state index is 6.40. The molecular weight excluding hydrogens is 260 g/mol. The zero-order valence-corrected chi connectivity index (χ0v) is 12.7. The first-order valence-corrected chi connectivity index (χ1v) is 7.23. The van der Waals surface area contributed by atoms with Gasteiger partial charge in [0.1, 0.15) is 0 Å². The molecule has 2 rings (SSSR count). The summed E-state index contributed by atoms with van der Waals surface area (Å²) in [6.07, 6.45) is 1.40. The molecule has 0 saturated carbocycles. The number of piperidine rings is 1. The maximum Gasteiger partial charge on any atom is 0.0772 e. The number of benzene rings is 1. The van der Waals surface area contributed by atoms with Gasteiger partial charge < -0.3 is 15.4 Å². The minimum absolute atomic E-state index is 0.0136. The number of rotatable bonds is 3. The van der Waals surface area contributed by atoms with Crippen molar-refractivity contribution >= 4 is 17.3 Å². The summed E-state index contributed by atoms with van der Waals surface area (Å²) in [6.45, 7) is 6.13. The molecule has 2 unspecified atom stereocenters. The molecule has 106 valence electrons. The van der Waals surface area contributed by atoms with Crippen molar-refractivity contribution in [3.05, 3.63) is 28.8 Å². The van der Waals surface area contributed by atoms with Crippen molar-refractivity contribution in [3.8, 4) is 0 Å². The Hall–Kier alpha value is -0.770. The smallest absolute Gasteiger partial charge is 0.0772 e. The van der Waals surface area contributed by atoms with Gasteiger partial charge in [0.2, 0.25) is 0 Å². The third-order valence-corrected chi connectivity index (χ3v) is 4.33. The van der Waals surface area contributed by atoms with Gasteiger partial charge in [-0.15, -0.1) is 0 Å². The first-order chi connectivity index (χ1) is 9.02. The summed E-state index contributed by atoms with van der Waals surface area (Å²) in [5, 5.41) is 0.777. The molecule has 1 heterocycles. The van der Waals surface area contributed by atoms with E-state index in [0.29, 0.717) is 5.92 Å². The van der Waals surface area contributed by atoms with Gasteiger partial charge in [-0.1, -0.05) is 24.6 Å². The topological polar surface area (TPSA) is 38.5 Å². The normalized spacial score (nSPS) is 25.4. The summed E-state index contributed by atoms with van der Waals surface area (Å²) in [5.41, 5.74) is 8.04. The Morgan fingerprint density at radius 2 is 2.21 bits per heavy atom. The van der Waals surface area contributed by atoms with Crippen LogP contribution in [0.2, 0.25) is 5.02 Å². The Labute approximate surface area is 120 Å².